The number of rotatable bonds is 2. The monoisotopic (exact) mass is 485 g/mol. The first kappa shape index (κ1) is 18.1. The van der Waals surface area contributed by atoms with Gasteiger partial charge in [-0.05, 0) is 42.5 Å². The van der Waals surface area contributed by atoms with E-state index in [4.69, 9.17) is 0 Å². The second-order valence-electron chi connectivity index (χ2n) is 6.18. The summed E-state index contributed by atoms with van der Waals surface area (Å²) in [7, 11) is 0. The van der Waals surface area contributed by atoms with Gasteiger partial charge in [-0.15, -0.1) is 0 Å². The number of benzene rings is 3. The highest BCUT2D eigenvalue weighted by Crippen LogP contribution is 2.43. The van der Waals surface area contributed by atoms with Crippen LogP contribution in [0.5, 0.6) is 0 Å². The minimum absolute atomic E-state index is 0.313. The van der Waals surface area contributed by atoms with Crippen LogP contribution in [0.15, 0.2) is 81.7 Å². The highest BCUT2D eigenvalue weighted by molar-refractivity contribution is 9.10. The van der Waals surface area contributed by atoms with Crippen LogP contribution in [0.2, 0.25) is 0 Å². The van der Waals surface area contributed by atoms with Crippen LogP contribution in [0.25, 0.3) is 0 Å². The Morgan fingerprint density at radius 1 is 0.852 bits per heavy atom. The summed E-state index contributed by atoms with van der Waals surface area (Å²) < 4.78 is 1.65. The summed E-state index contributed by atoms with van der Waals surface area (Å²) in [5.74, 6) is -1.09. The Hall–Kier alpha value is -2.28. The van der Waals surface area contributed by atoms with E-state index in [1.54, 1.807) is 72.8 Å². The fourth-order valence-corrected chi connectivity index (χ4v) is 3.82. The van der Waals surface area contributed by atoms with Gasteiger partial charge in [0, 0.05) is 31.2 Å². The summed E-state index contributed by atoms with van der Waals surface area (Å²) in [6.07, 6.45) is 0. The fraction of sp³-hybridized carbons (Fsp3) is 0.0476. The number of carbonyl (C=O) groups is 2. The van der Waals surface area contributed by atoms with Gasteiger partial charge in [-0.1, -0.05) is 62.2 Å². The molecule has 6 heteroatoms. The summed E-state index contributed by atoms with van der Waals surface area (Å²) in [5, 5.41) is 11.7. The summed E-state index contributed by atoms with van der Waals surface area (Å²) in [6, 6.07) is 20.3. The SMILES string of the molecule is O=C(c1ccc(Br)cc1)N1C(=O)c2ccccc2C1(O)c1ccc(Br)cc1. The van der Waals surface area contributed by atoms with Gasteiger partial charge in [0.1, 0.15) is 0 Å². The molecule has 1 aliphatic heterocycles. The van der Waals surface area contributed by atoms with Crippen molar-refractivity contribution in [1.29, 1.82) is 0 Å². The van der Waals surface area contributed by atoms with Crippen molar-refractivity contribution in [2.45, 2.75) is 5.72 Å². The zero-order valence-electron chi connectivity index (χ0n) is 13.9. The van der Waals surface area contributed by atoms with Crippen LogP contribution < -0.4 is 0 Å². The van der Waals surface area contributed by atoms with Crippen LogP contribution in [0.3, 0.4) is 0 Å². The molecular weight excluding hydrogens is 474 g/mol. The van der Waals surface area contributed by atoms with Crippen molar-refractivity contribution < 1.29 is 14.7 Å². The molecule has 0 radical (unpaired) electrons. The van der Waals surface area contributed by atoms with E-state index in [9.17, 15) is 14.7 Å². The molecule has 27 heavy (non-hydrogen) atoms. The second kappa shape index (κ2) is 6.71. The molecule has 0 bridgehead atoms. The molecule has 0 saturated heterocycles. The third kappa shape index (κ3) is 2.84. The largest absolute Gasteiger partial charge is 0.363 e. The first-order chi connectivity index (χ1) is 12.9. The standard InChI is InChI=1S/C21H13Br2NO3/c22-15-9-5-13(6-10-15)19(25)24-20(26)17-3-1-2-4-18(17)21(24,27)14-7-11-16(23)12-8-14/h1-12,27H. The van der Waals surface area contributed by atoms with Gasteiger partial charge in [-0.25, -0.2) is 4.90 Å². The van der Waals surface area contributed by atoms with Gasteiger partial charge < -0.3 is 5.11 Å². The normalized spacial score (nSPS) is 18.5. The van der Waals surface area contributed by atoms with E-state index in [2.05, 4.69) is 31.9 Å². The van der Waals surface area contributed by atoms with E-state index >= 15 is 0 Å². The minimum Gasteiger partial charge on any atom is -0.363 e. The van der Waals surface area contributed by atoms with Gasteiger partial charge in [0.25, 0.3) is 11.8 Å². The van der Waals surface area contributed by atoms with Crippen molar-refractivity contribution in [2.24, 2.45) is 0 Å². The molecule has 1 aliphatic rings. The van der Waals surface area contributed by atoms with Crippen molar-refractivity contribution in [2.75, 3.05) is 0 Å². The Kier molecular flexibility index (Phi) is 4.50. The van der Waals surface area contributed by atoms with E-state index in [-0.39, 0.29) is 0 Å². The topological polar surface area (TPSA) is 57.6 Å². The molecule has 1 heterocycles. The van der Waals surface area contributed by atoms with E-state index in [1.807, 2.05) is 0 Å². The number of imide groups is 1. The molecule has 0 saturated carbocycles. The van der Waals surface area contributed by atoms with Gasteiger partial charge in [0.05, 0.1) is 0 Å². The summed E-state index contributed by atoms with van der Waals surface area (Å²) in [6.45, 7) is 0. The molecule has 3 aromatic carbocycles. The number of halogens is 2. The Morgan fingerprint density at radius 2 is 1.41 bits per heavy atom. The van der Waals surface area contributed by atoms with Crippen LogP contribution in [0.1, 0.15) is 31.8 Å². The van der Waals surface area contributed by atoms with Crippen LogP contribution in [0.4, 0.5) is 0 Å². The zero-order valence-corrected chi connectivity index (χ0v) is 17.1. The van der Waals surface area contributed by atoms with Crippen LogP contribution >= 0.6 is 31.9 Å². The first-order valence-corrected chi connectivity index (χ1v) is 9.74. The van der Waals surface area contributed by atoms with Gasteiger partial charge >= 0.3 is 0 Å². The molecular formula is C21H13Br2NO3. The lowest BCUT2D eigenvalue weighted by atomic mass is 9.93. The van der Waals surface area contributed by atoms with Crippen LogP contribution in [-0.4, -0.2) is 21.8 Å². The van der Waals surface area contributed by atoms with Gasteiger partial charge in [-0.3, -0.25) is 9.59 Å². The van der Waals surface area contributed by atoms with Crippen molar-refractivity contribution in [1.82, 2.24) is 4.90 Å². The maximum atomic E-state index is 13.2. The average Bonchev–Trinajstić information content (AvgIpc) is 2.91. The highest BCUT2D eigenvalue weighted by atomic mass is 79.9. The number of amides is 2. The Balaban J connectivity index is 1.91. The summed E-state index contributed by atoms with van der Waals surface area (Å²) in [4.78, 5) is 27.2. The molecule has 1 atom stereocenters. The molecule has 0 aliphatic carbocycles. The third-order valence-corrected chi connectivity index (χ3v) is 5.66. The molecule has 4 nitrogen and oxygen atoms in total. The Bertz CT molecular complexity index is 1050. The van der Waals surface area contributed by atoms with E-state index in [1.165, 1.54) is 0 Å². The average molecular weight is 487 g/mol. The molecule has 2 amide bonds. The number of hydrogen-bond donors (Lipinski definition) is 1. The number of nitrogens with zero attached hydrogens (tertiary/aromatic N) is 1. The van der Waals surface area contributed by atoms with E-state index < -0.39 is 17.5 Å². The van der Waals surface area contributed by atoms with Gasteiger partial charge in [0.2, 0.25) is 5.72 Å². The molecule has 134 valence electrons. The van der Waals surface area contributed by atoms with E-state index in [0.29, 0.717) is 22.3 Å². The first-order valence-electron chi connectivity index (χ1n) is 8.15. The lowest BCUT2D eigenvalue weighted by Crippen LogP contribution is -2.48. The van der Waals surface area contributed by atoms with Crippen molar-refractivity contribution in [3.8, 4) is 0 Å². The van der Waals surface area contributed by atoms with Crippen molar-refractivity contribution >= 4 is 43.7 Å². The molecule has 0 fully saturated rings. The lowest BCUT2D eigenvalue weighted by Gasteiger charge is -2.33. The number of fused-ring (bicyclic) bond motifs is 1. The van der Waals surface area contributed by atoms with Crippen LogP contribution in [-0.2, 0) is 5.72 Å². The molecule has 0 spiro atoms. The smallest absolute Gasteiger partial charge is 0.264 e. The summed E-state index contributed by atoms with van der Waals surface area (Å²) in [5.41, 5.74) is -0.418. The molecule has 3 aromatic rings. The van der Waals surface area contributed by atoms with Gasteiger partial charge in [0.15, 0.2) is 0 Å². The number of hydrogen-bond acceptors (Lipinski definition) is 3. The quantitative estimate of drug-likeness (QED) is 0.534. The maximum Gasteiger partial charge on any atom is 0.264 e. The van der Waals surface area contributed by atoms with E-state index in [0.717, 1.165) is 13.8 Å². The number of carbonyl (C=O) groups excluding carboxylic acids is 2. The highest BCUT2D eigenvalue weighted by Gasteiger charge is 2.53. The minimum atomic E-state index is -1.88. The number of aliphatic hydroxyl groups is 1. The molecule has 0 aromatic heterocycles. The predicted octanol–water partition coefficient (Wildman–Crippen LogP) is 4.70. The zero-order chi connectivity index (χ0) is 19.2. The van der Waals surface area contributed by atoms with Crippen LogP contribution in [0, 0.1) is 0 Å². The molecule has 4 rings (SSSR count). The van der Waals surface area contributed by atoms with Crippen molar-refractivity contribution in [3.63, 3.8) is 0 Å². The summed E-state index contributed by atoms with van der Waals surface area (Å²) >= 11 is 6.70. The maximum absolute atomic E-state index is 13.2. The fourth-order valence-electron chi connectivity index (χ4n) is 3.29. The second-order valence-corrected chi connectivity index (χ2v) is 8.01. The predicted molar refractivity (Wildman–Crippen MR) is 108 cm³/mol. The molecule has 1 N–H and O–H groups in total. The lowest BCUT2D eigenvalue weighted by molar-refractivity contribution is -0.0362. The third-order valence-electron chi connectivity index (χ3n) is 4.60. The van der Waals surface area contributed by atoms with Gasteiger partial charge in [-0.2, -0.15) is 0 Å². The van der Waals surface area contributed by atoms with Crippen molar-refractivity contribution in [3.05, 3.63) is 104 Å². The Labute approximate surface area is 172 Å². The molecule has 1 unspecified atom stereocenters. The Morgan fingerprint density at radius 3 is 2.04 bits per heavy atom.